The Morgan fingerprint density at radius 2 is 1.72 bits per heavy atom. The molecule has 3 rings (SSSR count). The smallest absolute Gasteiger partial charge is 0.324 e. The Morgan fingerprint density at radius 1 is 1.06 bits per heavy atom. The molecular formula is C23H23FN2O5S. The molecule has 1 atom stereocenters. The van der Waals surface area contributed by atoms with Crippen LogP contribution in [0.4, 0.5) is 4.39 Å². The molecule has 1 heterocycles. The zero-order valence-corrected chi connectivity index (χ0v) is 18.4. The number of halogens is 1. The topological polar surface area (TPSA) is 105 Å². The molecule has 0 bridgehead atoms. The van der Waals surface area contributed by atoms with E-state index in [1.54, 1.807) is 50.2 Å². The average molecular weight is 459 g/mol. The van der Waals surface area contributed by atoms with Crippen LogP contribution >= 0.6 is 0 Å². The Hall–Kier alpha value is -3.30. The lowest BCUT2D eigenvalue weighted by Crippen LogP contribution is -2.44. The fourth-order valence-corrected chi connectivity index (χ4v) is 4.53. The number of aromatic amines is 1. The minimum atomic E-state index is -4.37. The molecule has 0 saturated carbocycles. The van der Waals surface area contributed by atoms with E-state index in [0.717, 1.165) is 17.8 Å². The lowest BCUT2D eigenvalue weighted by atomic mass is 10.1. The Balaban J connectivity index is 1.79. The normalized spacial score (nSPS) is 12.3. The number of carbonyl (C=O) groups excluding carboxylic acids is 2. The molecule has 168 valence electrons. The highest BCUT2D eigenvalue weighted by molar-refractivity contribution is 7.89. The summed E-state index contributed by atoms with van der Waals surface area (Å²) in [4.78, 5) is 27.6. The first kappa shape index (κ1) is 23.4. The van der Waals surface area contributed by atoms with Crippen LogP contribution in [0.15, 0.2) is 65.6 Å². The van der Waals surface area contributed by atoms with Gasteiger partial charge in [0.15, 0.2) is 6.61 Å². The summed E-state index contributed by atoms with van der Waals surface area (Å²) >= 11 is 0. The van der Waals surface area contributed by atoms with E-state index in [0.29, 0.717) is 16.8 Å². The van der Waals surface area contributed by atoms with E-state index < -0.39 is 45.1 Å². The summed E-state index contributed by atoms with van der Waals surface area (Å²) in [7, 11) is -4.37. The molecule has 7 nitrogen and oxygen atoms in total. The molecule has 0 aliphatic rings. The lowest BCUT2D eigenvalue weighted by molar-refractivity contribution is -0.144. The summed E-state index contributed by atoms with van der Waals surface area (Å²) in [6.07, 6.45) is -0.0379. The van der Waals surface area contributed by atoms with Crippen molar-refractivity contribution >= 4 is 21.8 Å². The van der Waals surface area contributed by atoms with Crippen LogP contribution in [-0.2, 0) is 26.0 Å². The standard InChI is InChI=1S/C23H23FN2O5S/c1-15-12-18(16(2)25-15)21(27)14-31-23(28)20(13-17-8-4-3-5-9-17)26-32(29,30)22-11-7-6-10-19(22)24/h3-12,20,25-26H,13-14H2,1-2H3/t20-/m0/s1. The number of hydrogen-bond acceptors (Lipinski definition) is 5. The van der Waals surface area contributed by atoms with Gasteiger partial charge in [-0.3, -0.25) is 9.59 Å². The molecule has 9 heteroatoms. The predicted molar refractivity (Wildman–Crippen MR) is 116 cm³/mol. The number of aryl methyl sites for hydroxylation is 2. The zero-order chi connectivity index (χ0) is 23.3. The van der Waals surface area contributed by atoms with Crippen LogP contribution in [0.1, 0.15) is 27.3 Å². The second kappa shape index (κ2) is 9.88. The lowest BCUT2D eigenvalue weighted by Gasteiger charge is -2.18. The van der Waals surface area contributed by atoms with E-state index in [9.17, 15) is 22.4 Å². The Bertz CT molecular complexity index is 1220. The van der Waals surface area contributed by atoms with Crippen molar-refractivity contribution in [3.63, 3.8) is 0 Å². The van der Waals surface area contributed by atoms with E-state index in [1.807, 2.05) is 0 Å². The molecule has 32 heavy (non-hydrogen) atoms. The third-order valence-electron chi connectivity index (χ3n) is 4.79. The maximum atomic E-state index is 14.1. The van der Waals surface area contributed by atoms with Gasteiger partial charge in [-0.25, -0.2) is 12.8 Å². The Morgan fingerprint density at radius 3 is 2.34 bits per heavy atom. The van der Waals surface area contributed by atoms with Crippen LogP contribution in [0.2, 0.25) is 0 Å². The molecule has 0 saturated heterocycles. The number of nitrogens with one attached hydrogen (secondary N) is 2. The number of carbonyl (C=O) groups is 2. The van der Waals surface area contributed by atoms with Gasteiger partial charge in [-0.2, -0.15) is 4.72 Å². The van der Waals surface area contributed by atoms with Crippen LogP contribution in [0.25, 0.3) is 0 Å². The van der Waals surface area contributed by atoms with Crippen LogP contribution in [0.5, 0.6) is 0 Å². The zero-order valence-electron chi connectivity index (χ0n) is 17.6. The molecule has 0 unspecified atom stereocenters. The van der Waals surface area contributed by atoms with Gasteiger partial charge in [-0.15, -0.1) is 0 Å². The highest BCUT2D eigenvalue weighted by atomic mass is 32.2. The van der Waals surface area contributed by atoms with E-state index in [1.165, 1.54) is 12.1 Å². The SMILES string of the molecule is Cc1cc(C(=O)COC(=O)[C@H](Cc2ccccc2)NS(=O)(=O)c2ccccc2F)c(C)[nH]1. The van der Waals surface area contributed by atoms with Crippen molar-refractivity contribution < 1.29 is 27.1 Å². The highest BCUT2D eigenvalue weighted by Crippen LogP contribution is 2.16. The number of ketones is 1. The second-order valence-electron chi connectivity index (χ2n) is 7.32. The van der Waals surface area contributed by atoms with Crippen molar-refractivity contribution in [1.29, 1.82) is 0 Å². The number of aromatic nitrogens is 1. The minimum Gasteiger partial charge on any atom is -0.456 e. The largest absolute Gasteiger partial charge is 0.456 e. The number of hydrogen-bond donors (Lipinski definition) is 2. The van der Waals surface area contributed by atoms with Gasteiger partial charge in [0.2, 0.25) is 15.8 Å². The monoisotopic (exact) mass is 458 g/mol. The number of rotatable bonds is 9. The van der Waals surface area contributed by atoms with Crippen molar-refractivity contribution in [3.8, 4) is 0 Å². The fourth-order valence-electron chi connectivity index (χ4n) is 3.26. The number of benzene rings is 2. The molecule has 0 fully saturated rings. The summed E-state index contributed by atoms with van der Waals surface area (Å²) in [5, 5.41) is 0. The molecule has 1 aromatic heterocycles. The first-order valence-corrected chi connectivity index (χ1v) is 11.3. The summed E-state index contributed by atoms with van der Waals surface area (Å²) in [6, 6.07) is 13.8. The van der Waals surface area contributed by atoms with E-state index in [4.69, 9.17) is 4.74 Å². The third kappa shape index (κ3) is 5.68. The molecular weight excluding hydrogens is 435 g/mol. The average Bonchev–Trinajstić information content (AvgIpc) is 3.10. The molecule has 0 amide bonds. The van der Waals surface area contributed by atoms with Crippen LogP contribution in [0, 0.1) is 19.7 Å². The van der Waals surface area contributed by atoms with Crippen molar-refractivity contribution in [2.75, 3.05) is 6.61 Å². The first-order valence-electron chi connectivity index (χ1n) is 9.84. The van der Waals surface area contributed by atoms with Crippen LogP contribution in [0.3, 0.4) is 0 Å². The van der Waals surface area contributed by atoms with Gasteiger partial charge < -0.3 is 9.72 Å². The molecule has 0 radical (unpaired) electrons. The quantitative estimate of drug-likeness (QED) is 0.379. The number of ether oxygens (including phenoxy) is 1. The Kier molecular flexibility index (Phi) is 7.22. The molecule has 2 N–H and O–H groups in total. The van der Waals surface area contributed by atoms with E-state index in [-0.39, 0.29) is 6.42 Å². The first-order chi connectivity index (χ1) is 15.2. The van der Waals surface area contributed by atoms with Gasteiger partial charge in [-0.05, 0) is 44.0 Å². The maximum absolute atomic E-state index is 14.1. The van der Waals surface area contributed by atoms with Crippen molar-refractivity contribution in [3.05, 3.63) is 89.0 Å². The summed E-state index contributed by atoms with van der Waals surface area (Å²) in [5.41, 5.74) is 2.48. The summed E-state index contributed by atoms with van der Waals surface area (Å²) in [5.74, 6) is -2.30. The summed E-state index contributed by atoms with van der Waals surface area (Å²) < 4.78 is 46.9. The fraction of sp³-hybridized carbons (Fsp3) is 0.217. The minimum absolute atomic E-state index is 0.0379. The third-order valence-corrected chi connectivity index (χ3v) is 6.29. The van der Waals surface area contributed by atoms with Crippen molar-refractivity contribution in [2.45, 2.75) is 31.2 Å². The van der Waals surface area contributed by atoms with Crippen molar-refractivity contribution in [1.82, 2.24) is 9.71 Å². The van der Waals surface area contributed by atoms with Gasteiger partial charge in [0.1, 0.15) is 16.8 Å². The highest BCUT2D eigenvalue weighted by Gasteiger charge is 2.29. The Labute approximate surface area is 185 Å². The van der Waals surface area contributed by atoms with Crippen molar-refractivity contribution in [2.24, 2.45) is 0 Å². The van der Waals surface area contributed by atoms with Gasteiger partial charge >= 0.3 is 5.97 Å². The van der Waals surface area contributed by atoms with Crippen LogP contribution < -0.4 is 4.72 Å². The molecule has 3 aromatic rings. The van der Waals surface area contributed by atoms with Gasteiger partial charge in [-0.1, -0.05) is 42.5 Å². The van der Waals surface area contributed by atoms with Gasteiger partial charge in [0.25, 0.3) is 0 Å². The van der Waals surface area contributed by atoms with Gasteiger partial charge in [0, 0.05) is 17.0 Å². The summed E-state index contributed by atoms with van der Waals surface area (Å²) in [6.45, 7) is 2.97. The number of sulfonamides is 1. The number of H-pyrrole nitrogens is 1. The van der Waals surface area contributed by atoms with Crippen LogP contribution in [-0.4, -0.2) is 37.8 Å². The molecule has 2 aromatic carbocycles. The molecule has 0 aliphatic carbocycles. The van der Waals surface area contributed by atoms with Gasteiger partial charge in [0.05, 0.1) is 0 Å². The van der Waals surface area contributed by atoms with E-state index in [2.05, 4.69) is 9.71 Å². The number of Topliss-reactive ketones (excluding diaryl/α,β-unsaturated/α-hetero) is 1. The second-order valence-corrected chi connectivity index (χ2v) is 9.00. The maximum Gasteiger partial charge on any atom is 0.324 e. The number of esters is 1. The van der Waals surface area contributed by atoms with E-state index >= 15 is 0 Å². The predicted octanol–water partition coefficient (Wildman–Crippen LogP) is 3.09. The molecule has 0 aliphatic heterocycles. The molecule has 0 spiro atoms.